The van der Waals surface area contributed by atoms with E-state index in [0.717, 1.165) is 0 Å². The largest absolute Gasteiger partial charge is 0.456 e. The van der Waals surface area contributed by atoms with E-state index in [-0.39, 0.29) is 17.0 Å². The summed E-state index contributed by atoms with van der Waals surface area (Å²) in [6.07, 6.45) is 0. The highest BCUT2D eigenvalue weighted by Crippen LogP contribution is 2.34. The summed E-state index contributed by atoms with van der Waals surface area (Å²) in [7, 11) is -4.20. The Kier molecular flexibility index (Phi) is 3.83. The van der Waals surface area contributed by atoms with Crippen LogP contribution in [0.2, 0.25) is 0 Å². The fourth-order valence-electron chi connectivity index (χ4n) is 1.78. The molecule has 2 aromatic rings. The Hall–Kier alpha value is -2.58. The summed E-state index contributed by atoms with van der Waals surface area (Å²) >= 11 is 0. The maximum atomic E-state index is 11.7. The molecule has 110 valence electrons. The van der Waals surface area contributed by atoms with Crippen molar-refractivity contribution in [1.29, 1.82) is 0 Å². The van der Waals surface area contributed by atoms with Crippen LogP contribution in [-0.2, 0) is 10.0 Å². The van der Waals surface area contributed by atoms with Crippen molar-refractivity contribution in [3.05, 3.63) is 48.0 Å². The van der Waals surface area contributed by atoms with E-state index in [0.29, 0.717) is 5.75 Å². The molecule has 2 rings (SSSR count). The Labute approximate surface area is 121 Å². The maximum absolute atomic E-state index is 11.7. The predicted molar refractivity (Wildman–Crippen MR) is 77.3 cm³/mol. The number of para-hydroxylation sites is 1. The molecule has 0 aliphatic carbocycles. The lowest BCUT2D eigenvalue weighted by Crippen LogP contribution is -2.20. The number of carbonyl (C=O) groups excluding carboxylic acids is 1. The van der Waals surface area contributed by atoms with Crippen molar-refractivity contribution in [3.63, 3.8) is 0 Å². The average Bonchev–Trinajstić information content (AvgIpc) is 2.38. The third-order valence-electron chi connectivity index (χ3n) is 2.68. The van der Waals surface area contributed by atoms with Crippen molar-refractivity contribution in [3.8, 4) is 11.5 Å². The summed E-state index contributed by atoms with van der Waals surface area (Å²) in [6, 6.07) is 11.0. The molecule has 0 heterocycles. The van der Waals surface area contributed by atoms with Gasteiger partial charge in [-0.3, -0.25) is 4.79 Å². The number of sulfonamides is 1. The van der Waals surface area contributed by atoms with Gasteiger partial charge in [-0.05, 0) is 24.3 Å². The van der Waals surface area contributed by atoms with Gasteiger partial charge >= 0.3 is 0 Å². The molecule has 0 saturated carbocycles. The van der Waals surface area contributed by atoms with Crippen LogP contribution in [-0.4, -0.2) is 14.3 Å². The van der Waals surface area contributed by atoms with Crippen LogP contribution in [0.5, 0.6) is 11.5 Å². The first-order valence-corrected chi connectivity index (χ1v) is 7.33. The van der Waals surface area contributed by atoms with E-state index in [2.05, 4.69) is 0 Å². The van der Waals surface area contributed by atoms with Crippen LogP contribution in [0.3, 0.4) is 0 Å². The zero-order chi connectivity index (χ0) is 15.6. The van der Waals surface area contributed by atoms with E-state index in [1.807, 2.05) is 0 Å². The minimum atomic E-state index is -4.20. The molecular formula is C13H13N3O4S. The number of benzene rings is 2. The summed E-state index contributed by atoms with van der Waals surface area (Å²) in [5.41, 5.74) is 10.3. The Balaban J connectivity index is 2.62. The zero-order valence-electron chi connectivity index (χ0n) is 10.8. The third kappa shape index (κ3) is 3.12. The van der Waals surface area contributed by atoms with Gasteiger partial charge in [-0.1, -0.05) is 18.2 Å². The van der Waals surface area contributed by atoms with Crippen molar-refractivity contribution in [2.24, 2.45) is 10.9 Å². The second-order valence-corrected chi connectivity index (χ2v) is 5.68. The second-order valence-electron chi connectivity index (χ2n) is 4.18. The standard InChI is InChI=1S/C13H13N3O4S/c14-11-9(13(15)17)6-7-10(12(11)21(16,18)19)20-8-4-2-1-3-5-8/h1-7H,14H2,(H2,15,17)(H2,16,18,19). The van der Waals surface area contributed by atoms with Crippen LogP contribution >= 0.6 is 0 Å². The molecule has 0 bridgehead atoms. The zero-order valence-corrected chi connectivity index (χ0v) is 11.6. The van der Waals surface area contributed by atoms with Crippen molar-refractivity contribution in [2.75, 3.05) is 5.73 Å². The molecule has 0 aromatic heterocycles. The van der Waals surface area contributed by atoms with E-state index in [9.17, 15) is 13.2 Å². The number of hydrogen-bond acceptors (Lipinski definition) is 5. The number of hydrogen-bond donors (Lipinski definition) is 3. The third-order valence-corrected chi connectivity index (χ3v) is 3.67. The van der Waals surface area contributed by atoms with Gasteiger partial charge < -0.3 is 16.2 Å². The molecule has 7 nitrogen and oxygen atoms in total. The number of ether oxygens (including phenoxy) is 1. The number of rotatable bonds is 4. The van der Waals surface area contributed by atoms with Gasteiger partial charge in [0.2, 0.25) is 10.0 Å². The SMILES string of the molecule is NC(=O)c1ccc(Oc2ccccc2)c(S(N)(=O)=O)c1N. The molecule has 0 saturated heterocycles. The molecule has 0 atom stereocenters. The second kappa shape index (κ2) is 5.43. The molecule has 6 N–H and O–H groups in total. The monoisotopic (exact) mass is 307 g/mol. The van der Waals surface area contributed by atoms with Gasteiger partial charge in [0, 0.05) is 0 Å². The lowest BCUT2D eigenvalue weighted by Gasteiger charge is -2.13. The first-order chi connectivity index (χ1) is 9.80. The number of primary sulfonamides is 1. The minimum absolute atomic E-state index is 0.0776. The minimum Gasteiger partial charge on any atom is -0.456 e. The van der Waals surface area contributed by atoms with Crippen LogP contribution in [0.15, 0.2) is 47.4 Å². The predicted octanol–water partition coefficient (Wildman–Crippen LogP) is 0.807. The molecule has 0 aliphatic rings. The van der Waals surface area contributed by atoms with Gasteiger partial charge in [0.15, 0.2) is 0 Å². The Bertz CT molecular complexity index is 789. The van der Waals surface area contributed by atoms with Crippen LogP contribution in [0.4, 0.5) is 5.69 Å². The van der Waals surface area contributed by atoms with E-state index in [4.69, 9.17) is 21.3 Å². The van der Waals surface area contributed by atoms with Crippen LogP contribution in [0.25, 0.3) is 0 Å². The van der Waals surface area contributed by atoms with Crippen molar-refractivity contribution in [1.82, 2.24) is 0 Å². The summed E-state index contributed by atoms with van der Waals surface area (Å²) in [5, 5.41) is 5.14. The van der Waals surface area contributed by atoms with Crippen molar-refractivity contribution < 1.29 is 17.9 Å². The Morgan fingerprint density at radius 1 is 1.05 bits per heavy atom. The van der Waals surface area contributed by atoms with E-state index in [1.54, 1.807) is 30.3 Å². The summed E-state index contributed by atoms with van der Waals surface area (Å²) in [4.78, 5) is 10.8. The van der Waals surface area contributed by atoms with Crippen molar-refractivity contribution in [2.45, 2.75) is 4.90 Å². The normalized spacial score (nSPS) is 11.1. The number of carbonyl (C=O) groups is 1. The first kappa shape index (κ1) is 14.8. The van der Waals surface area contributed by atoms with Crippen molar-refractivity contribution >= 4 is 21.6 Å². The van der Waals surface area contributed by atoms with Gasteiger partial charge in [0.05, 0.1) is 11.3 Å². The number of anilines is 1. The highest BCUT2D eigenvalue weighted by Gasteiger charge is 2.23. The molecule has 0 fully saturated rings. The highest BCUT2D eigenvalue weighted by atomic mass is 32.2. The number of nitrogen functional groups attached to an aromatic ring is 1. The van der Waals surface area contributed by atoms with Crippen LogP contribution in [0, 0.1) is 0 Å². The molecule has 0 spiro atoms. The van der Waals surface area contributed by atoms with Crippen LogP contribution < -0.4 is 21.3 Å². The Morgan fingerprint density at radius 2 is 1.67 bits per heavy atom. The average molecular weight is 307 g/mol. The molecule has 0 radical (unpaired) electrons. The number of amides is 1. The quantitative estimate of drug-likeness (QED) is 0.717. The van der Waals surface area contributed by atoms with Gasteiger partial charge in [0.1, 0.15) is 16.4 Å². The summed E-state index contributed by atoms with van der Waals surface area (Å²) in [5.74, 6) is -0.538. The lowest BCUT2D eigenvalue weighted by atomic mass is 10.1. The highest BCUT2D eigenvalue weighted by molar-refractivity contribution is 7.89. The van der Waals surface area contributed by atoms with E-state index < -0.39 is 20.8 Å². The molecule has 0 aliphatic heterocycles. The van der Waals surface area contributed by atoms with Gasteiger partial charge in [-0.25, -0.2) is 13.6 Å². The molecule has 21 heavy (non-hydrogen) atoms. The van der Waals surface area contributed by atoms with Crippen LogP contribution in [0.1, 0.15) is 10.4 Å². The Morgan fingerprint density at radius 3 is 2.19 bits per heavy atom. The topological polar surface area (TPSA) is 138 Å². The number of primary amides is 1. The molecular weight excluding hydrogens is 294 g/mol. The van der Waals surface area contributed by atoms with Gasteiger partial charge in [0.25, 0.3) is 5.91 Å². The first-order valence-electron chi connectivity index (χ1n) is 5.78. The summed E-state index contributed by atoms with van der Waals surface area (Å²) in [6.45, 7) is 0. The van der Waals surface area contributed by atoms with Gasteiger partial charge in [-0.2, -0.15) is 0 Å². The molecule has 0 unspecified atom stereocenters. The smallest absolute Gasteiger partial charge is 0.250 e. The fourth-order valence-corrected chi connectivity index (χ4v) is 2.59. The van der Waals surface area contributed by atoms with E-state index >= 15 is 0 Å². The lowest BCUT2D eigenvalue weighted by molar-refractivity contribution is 0.100. The molecule has 2 aromatic carbocycles. The maximum Gasteiger partial charge on any atom is 0.250 e. The van der Waals surface area contributed by atoms with Gasteiger partial charge in [-0.15, -0.1) is 0 Å². The fraction of sp³-hybridized carbons (Fsp3) is 0. The molecule has 1 amide bonds. The van der Waals surface area contributed by atoms with E-state index in [1.165, 1.54) is 12.1 Å². The number of nitrogens with two attached hydrogens (primary N) is 3. The summed E-state index contributed by atoms with van der Waals surface area (Å²) < 4.78 is 28.9. The molecule has 8 heteroatoms.